The SMILES string of the molecule is Cn1ncc(C(=O)Nc2ccc(Cl)cn2)c1NC(=O)c1ccc(C(=N)N2CCCC2)cc1. The van der Waals surface area contributed by atoms with Crippen LogP contribution in [0.5, 0.6) is 0 Å². The fraction of sp³-hybridized carbons (Fsp3) is 0.227. The number of aryl methyl sites for hydroxylation is 1. The zero-order chi connectivity index (χ0) is 22.7. The molecule has 4 rings (SSSR count). The standard InChI is InChI=1S/C22H22ClN7O2/c1-29-20(17(13-26-29)22(32)27-18-9-8-16(23)12-25-18)28-21(31)15-6-4-14(5-7-15)19(24)30-10-2-3-11-30/h4-9,12-13,24H,2-3,10-11H2,1H3,(H,28,31)(H,25,27,32). The maximum absolute atomic E-state index is 12.8. The molecule has 0 atom stereocenters. The highest BCUT2D eigenvalue weighted by atomic mass is 35.5. The maximum atomic E-state index is 12.8. The molecule has 1 aliphatic rings. The first-order chi connectivity index (χ1) is 15.4. The second-order valence-electron chi connectivity index (χ2n) is 7.42. The van der Waals surface area contributed by atoms with Gasteiger partial charge < -0.3 is 15.5 Å². The number of amides is 2. The molecule has 0 unspecified atom stereocenters. The van der Waals surface area contributed by atoms with Crippen molar-refractivity contribution in [2.45, 2.75) is 12.8 Å². The van der Waals surface area contributed by atoms with Crippen molar-refractivity contribution >= 4 is 40.9 Å². The van der Waals surface area contributed by atoms with Crippen LogP contribution in [0.15, 0.2) is 48.8 Å². The van der Waals surface area contributed by atoms with Crippen molar-refractivity contribution in [3.63, 3.8) is 0 Å². The molecule has 1 aliphatic heterocycles. The molecule has 9 nitrogen and oxygen atoms in total. The van der Waals surface area contributed by atoms with Gasteiger partial charge in [-0.15, -0.1) is 0 Å². The number of hydrogen-bond donors (Lipinski definition) is 3. The number of hydrogen-bond acceptors (Lipinski definition) is 5. The third kappa shape index (κ3) is 4.62. The average Bonchev–Trinajstić information content (AvgIpc) is 3.46. The van der Waals surface area contributed by atoms with Gasteiger partial charge in [-0.1, -0.05) is 23.7 Å². The van der Waals surface area contributed by atoms with E-state index in [9.17, 15) is 9.59 Å². The highest BCUT2D eigenvalue weighted by Crippen LogP contribution is 2.19. The highest BCUT2D eigenvalue weighted by molar-refractivity contribution is 6.30. The second kappa shape index (κ2) is 9.19. The minimum atomic E-state index is -0.461. The summed E-state index contributed by atoms with van der Waals surface area (Å²) < 4.78 is 1.42. The van der Waals surface area contributed by atoms with Crippen LogP contribution < -0.4 is 10.6 Å². The molecular weight excluding hydrogens is 430 g/mol. The summed E-state index contributed by atoms with van der Waals surface area (Å²) in [5, 5.41) is 18.3. The number of likely N-dealkylation sites (tertiary alicyclic amines) is 1. The van der Waals surface area contributed by atoms with Gasteiger partial charge in [0.1, 0.15) is 23.0 Å². The van der Waals surface area contributed by atoms with Gasteiger partial charge in [0.2, 0.25) is 0 Å². The van der Waals surface area contributed by atoms with E-state index in [-0.39, 0.29) is 17.3 Å². The minimum absolute atomic E-state index is 0.199. The molecule has 2 aromatic heterocycles. The molecule has 3 aromatic rings. The van der Waals surface area contributed by atoms with E-state index >= 15 is 0 Å². The van der Waals surface area contributed by atoms with E-state index in [0.29, 0.717) is 22.2 Å². The Kier molecular flexibility index (Phi) is 6.18. The molecule has 0 saturated carbocycles. The fourth-order valence-corrected chi connectivity index (χ4v) is 3.58. The van der Waals surface area contributed by atoms with Crippen LogP contribution in [0.25, 0.3) is 0 Å². The van der Waals surface area contributed by atoms with Crippen LogP contribution in [-0.2, 0) is 7.05 Å². The third-order valence-electron chi connectivity index (χ3n) is 5.23. The number of aromatic nitrogens is 3. The van der Waals surface area contributed by atoms with Crippen LogP contribution in [0.3, 0.4) is 0 Å². The van der Waals surface area contributed by atoms with Gasteiger partial charge >= 0.3 is 0 Å². The van der Waals surface area contributed by atoms with Crippen LogP contribution in [0.2, 0.25) is 5.02 Å². The van der Waals surface area contributed by atoms with Crippen LogP contribution in [0.4, 0.5) is 11.6 Å². The van der Waals surface area contributed by atoms with Gasteiger partial charge in [0.05, 0.1) is 11.2 Å². The molecule has 0 spiro atoms. The summed E-state index contributed by atoms with van der Waals surface area (Å²) >= 11 is 5.82. The van der Waals surface area contributed by atoms with Crippen molar-refractivity contribution < 1.29 is 9.59 Å². The Morgan fingerprint density at radius 1 is 0.969 bits per heavy atom. The van der Waals surface area contributed by atoms with Crippen molar-refractivity contribution in [1.82, 2.24) is 19.7 Å². The van der Waals surface area contributed by atoms with Crippen molar-refractivity contribution in [3.05, 3.63) is 70.5 Å². The lowest BCUT2D eigenvalue weighted by atomic mass is 10.1. The summed E-state index contributed by atoms with van der Waals surface area (Å²) in [6.45, 7) is 1.77. The molecule has 164 valence electrons. The number of benzene rings is 1. The van der Waals surface area contributed by atoms with Gasteiger partial charge in [-0.05, 0) is 37.1 Å². The van der Waals surface area contributed by atoms with E-state index in [1.54, 1.807) is 43.4 Å². The molecule has 0 aliphatic carbocycles. The lowest BCUT2D eigenvalue weighted by Crippen LogP contribution is -2.27. The summed E-state index contributed by atoms with van der Waals surface area (Å²) in [5.74, 6) is 0.215. The minimum Gasteiger partial charge on any atom is -0.357 e. The first-order valence-corrected chi connectivity index (χ1v) is 10.5. The Morgan fingerprint density at radius 2 is 1.66 bits per heavy atom. The fourth-order valence-electron chi connectivity index (χ4n) is 3.47. The van der Waals surface area contributed by atoms with Crippen molar-refractivity contribution in [3.8, 4) is 0 Å². The average molecular weight is 452 g/mol. The molecule has 1 fully saturated rings. The molecule has 0 radical (unpaired) electrons. The van der Waals surface area contributed by atoms with Crippen molar-refractivity contribution in [2.24, 2.45) is 7.05 Å². The first kappa shape index (κ1) is 21.5. The quantitative estimate of drug-likeness (QED) is 0.406. The van der Waals surface area contributed by atoms with Crippen molar-refractivity contribution in [1.29, 1.82) is 5.41 Å². The predicted molar refractivity (Wildman–Crippen MR) is 122 cm³/mol. The zero-order valence-corrected chi connectivity index (χ0v) is 18.2. The predicted octanol–water partition coefficient (Wildman–Crippen LogP) is 3.39. The summed E-state index contributed by atoms with van der Waals surface area (Å²) in [5.41, 5.74) is 1.37. The van der Waals surface area contributed by atoms with Gasteiger partial charge in [0, 0.05) is 37.5 Å². The molecule has 0 bridgehead atoms. The van der Waals surface area contributed by atoms with Gasteiger partial charge in [0.15, 0.2) is 0 Å². The molecule has 10 heteroatoms. The number of anilines is 2. The number of carbonyl (C=O) groups excluding carboxylic acids is 2. The molecular formula is C22H22ClN7O2. The maximum Gasteiger partial charge on any atom is 0.262 e. The van der Waals surface area contributed by atoms with Gasteiger partial charge in [-0.2, -0.15) is 5.10 Å². The summed E-state index contributed by atoms with van der Waals surface area (Å²) in [4.78, 5) is 31.6. The lowest BCUT2D eigenvalue weighted by molar-refractivity contribution is 0.102. The van der Waals surface area contributed by atoms with E-state index in [2.05, 4.69) is 20.7 Å². The van der Waals surface area contributed by atoms with Crippen LogP contribution in [-0.4, -0.2) is 50.4 Å². The van der Waals surface area contributed by atoms with E-state index in [1.807, 2.05) is 4.90 Å². The van der Waals surface area contributed by atoms with E-state index in [1.165, 1.54) is 17.1 Å². The Balaban J connectivity index is 1.46. The van der Waals surface area contributed by atoms with Gasteiger partial charge in [0.25, 0.3) is 11.8 Å². The number of rotatable bonds is 5. The molecule has 32 heavy (non-hydrogen) atoms. The topological polar surface area (TPSA) is 116 Å². The normalized spacial score (nSPS) is 13.1. The van der Waals surface area contributed by atoms with E-state index < -0.39 is 5.91 Å². The number of halogens is 1. The monoisotopic (exact) mass is 451 g/mol. The highest BCUT2D eigenvalue weighted by Gasteiger charge is 2.20. The summed E-state index contributed by atoms with van der Waals surface area (Å²) in [6.07, 6.45) is 4.99. The van der Waals surface area contributed by atoms with Gasteiger partial charge in [-0.25, -0.2) is 4.98 Å². The lowest BCUT2D eigenvalue weighted by Gasteiger charge is -2.18. The zero-order valence-electron chi connectivity index (χ0n) is 17.4. The third-order valence-corrected chi connectivity index (χ3v) is 5.45. The first-order valence-electron chi connectivity index (χ1n) is 10.1. The molecule has 1 aromatic carbocycles. The largest absolute Gasteiger partial charge is 0.357 e. The van der Waals surface area contributed by atoms with Crippen LogP contribution in [0, 0.1) is 5.41 Å². The van der Waals surface area contributed by atoms with Gasteiger partial charge in [-0.3, -0.25) is 19.7 Å². The smallest absolute Gasteiger partial charge is 0.262 e. The van der Waals surface area contributed by atoms with Crippen LogP contribution in [0.1, 0.15) is 39.1 Å². The Morgan fingerprint density at radius 3 is 2.31 bits per heavy atom. The number of pyridine rings is 1. The number of amidine groups is 1. The molecule has 2 amide bonds. The molecule has 1 saturated heterocycles. The summed E-state index contributed by atoms with van der Waals surface area (Å²) in [6, 6.07) is 10.1. The summed E-state index contributed by atoms with van der Waals surface area (Å²) in [7, 11) is 1.63. The number of nitrogens with one attached hydrogen (secondary N) is 3. The van der Waals surface area contributed by atoms with E-state index in [4.69, 9.17) is 17.0 Å². The number of carbonyl (C=O) groups is 2. The Bertz CT molecular complexity index is 1150. The molecule has 3 heterocycles. The second-order valence-corrected chi connectivity index (χ2v) is 7.86. The number of nitrogens with zero attached hydrogens (tertiary/aromatic N) is 4. The molecule has 3 N–H and O–H groups in total. The van der Waals surface area contributed by atoms with Crippen LogP contribution >= 0.6 is 11.6 Å². The Hall–Kier alpha value is -3.72. The van der Waals surface area contributed by atoms with Crippen molar-refractivity contribution in [2.75, 3.05) is 23.7 Å². The Labute approximate surface area is 189 Å². The van der Waals surface area contributed by atoms with E-state index in [0.717, 1.165) is 31.5 Å².